The van der Waals surface area contributed by atoms with E-state index in [-0.39, 0.29) is 11.3 Å². The minimum Gasteiger partial charge on any atom is -0.356 e. The lowest BCUT2D eigenvalue weighted by Gasteiger charge is -2.27. The van der Waals surface area contributed by atoms with Gasteiger partial charge in [0.15, 0.2) is 0 Å². The third-order valence-corrected chi connectivity index (χ3v) is 4.40. The molecule has 1 fully saturated rings. The molecule has 0 saturated heterocycles. The van der Waals surface area contributed by atoms with E-state index in [1.807, 2.05) is 0 Å². The molecule has 0 spiro atoms. The van der Waals surface area contributed by atoms with Crippen LogP contribution in [-0.4, -0.2) is 18.3 Å². The SMILES string of the molecule is CC(CC(=O)NCC1(CCCl)CC1)C(C)(C)C. The maximum Gasteiger partial charge on any atom is 0.220 e. The summed E-state index contributed by atoms with van der Waals surface area (Å²) in [5.74, 6) is 1.30. The quantitative estimate of drug-likeness (QED) is 0.726. The third kappa shape index (κ3) is 4.87. The number of hydrogen-bond donors (Lipinski definition) is 1. The second-order valence-electron chi connectivity index (χ2n) is 6.69. The number of rotatable bonds is 6. The zero-order valence-electron chi connectivity index (χ0n) is 11.6. The van der Waals surface area contributed by atoms with E-state index in [1.54, 1.807) is 0 Å². The highest BCUT2D eigenvalue weighted by Gasteiger charge is 2.41. The van der Waals surface area contributed by atoms with Gasteiger partial charge in [0.25, 0.3) is 0 Å². The van der Waals surface area contributed by atoms with Gasteiger partial charge in [0, 0.05) is 18.8 Å². The first-order valence-electron chi connectivity index (χ1n) is 6.62. The Morgan fingerprint density at radius 1 is 1.41 bits per heavy atom. The van der Waals surface area contributed by atoms with Gasteiger partial charge in [-0.2, -0.15) is 0 Å². The van der Waals surface area contributed by atoms with E-state index in [0.717, 1.165) is 13.0 Å². The zero-order chi connectivity index (χ0) is 13.1. The van der Waals surface area contributed by atoms with Crippen LogP contribution in [0.5, 0.6) is 0 Å². The van der Waals surface area contributed by atoms with Crippen molar-refractivity contribution < 1.29 is 4.79 Å². The number of carbonyl (C=O) groups is 1. The lowest BCUT2D eigenvalue weighted by molar-refractivity contribution is -0.122. The molecule has 0 aromatic carbocycles. The molecule has 1 saturated carbocycles. The molecule has 0 radical (unpaired) electrons. The highest BCUT2D eigenvalue weighted by Crippen LogP contribution is 2.48. The van der Waals surface area contributed by atoms with Gasteiger partial charge >= 0.3 is 0 Å². The predicted molar refractivity (Wildman–Crippen MR) is 73.2 cm³/mol. The maximum absolute atomic E-state index is 11.8. The second kappa shape index (κ2) is 5.60. The maximum atomic E-state index is 11.8. The first-order chi connectivity index (χ1) is 7.79. The summed E-state index contributed by atoms with van der Waals surface area (Å²) < 4.78 is 0. The summed E-state index contributed by atoms with van der Waals surface area (Å²) in [6, 6.07) is 0. The fourth-order valence-electron chi connectivity index (χ4n) is 1.83. The van der Waals surface area contributed by atoms with Crippen molar-refractivity contribution in [1.29, 1.82) is 0 Å². The van der Waals surface area contributed by atoms with Crippen molar-refractivity contribution in [3.05, 3.63) is 0 Å². The second-order valence-corrected chi connectivity index (χ2v) is 7.06. The van der Waals surface area contributed by atoms with E-state index in [1.165, 1.54) is 12.8 Å². The van der Waals surface area contributed by atoms with E-state index >= 15 is 0 Å². The number of amides is 1. The van der Waals surface area contributed by atoms with Crippen LogP contribution in [0, 0.1) is 16.7 Å². The van der Waals surface area contributed by atoms with Crippen molar-refractivity contribution in [1.82, 2.24) is 5.32 Å². The van der Waals surface area contributed by atoms with Crippen LogP contribution in [0.1, 0.15) is 53.4 Å². The Balaban J connectivity index is 2.26. The molecule has 1 amide bonds. The summed E-state index contributed by atoms with van der Waals surface area (Å²) in [5.41, 5.74) is 0.535. The topological polar surface area (TPSA) is 29.1 Å². The smallest absolute Gasteiger partial charge is 0.220 e. The van der Waals surface area contributed by atoms with Gasteiger partial charge in [-0.25, -0.2) is 0 Å². The number of hydrogen-bond acceptors (Lipinski definition) is 1. The normalized spacial score (nSPS) is 19.8. The molecule has 1 rings (SSSR count). The summed E-state index contributed by atoms with van der Waals surface area (Å²) >= 11 is 5.77. The summed E-state index contributed by atoms with van der Waals surface area (Å²) in [6.07, 6.45) is 4.09. The van der Waals surface area contributed by atoms with Crippen molar-refractivity contribution in [2.24, 2.45) is 16.7 Å². The van der Waals surface area contributed by atoms with Gasteiger partial charge in [-0.05, 0) is 36.0 Å². The van der Waals surface area contributed by atoms with Crippen molar-refractivity contribution in [2.75, 3.05) is 12.4 Å². The Morgan fingerprint density at radius 3 is 2.41 bits per heavy atom. The Bertz CT molecular complexity index is 266. The molecule has 0 bridgehead atoms. The molecule has 1 unspecified atom stereocenters. The lowest BCUT2D eigenvalue weighted by Crippen LogP contribution is -2.33. The average molecular weight is 260 g/mol. The summed E-state index contributed by atoms with van der Waals surface area (Å²) in [6.45, 7) is 9.50. The van der Waals surface area contributed by atoms with Gasteiger partial charge in [-0.15, -0.1) is 11.6 Å². The lowest BCUT2D eigenvalue weighted by atomic mass is 9.80. The Labute approximate surface area is 110 Å². The Kier molecular flexibility index (Phi) is 4.88. The minimum absolute atomic E-state index is 0.188. The van der Waals surface area contributed by atoms with E-state index in [0.29, 0.717) is 23.6 Å². The van der Waals surface area contributed by atoms with Crippen LogP contribution in [-0.2, 0) is 4.79 Å². The highest BCUT2D eigenvalue weighted by atomic mass is 35.5. The summed E-state index contributed by atoms with van der Waals surface area (Å²) in [7, 11) is 0. The molecule has 0 heterocycles. The molecule has 0 aromatic heterocycles. The number of carbonyl (C=O) groups excluding carboxylic acids is 1. The molecule has 1 N–H and O–H groups in total. The predicted octanol–water partition coefficient (Wildman–Crippen LogP) is 3.58. The molecule has 1 aliphatic rings. The molecule has 100 valence electrons. The van der Waals surface area contributed by atoms with Crippen LogP contribution in [0.3, 0.4) is 0 Å². The Morgan fingerprint density at radius 2 is 2.00 bits per heavy atom. The number of halogens is 1. The fraction of sp³-hybridized carbons (Fsp3) is 0.929. The molecule has 0 aromatic rings. The van der Waals surface area contributed by atoms with Crippen LogP contribution >= 0.6 is 11.6 Å². The van der Waals surface area contributed by atoms with Gasteiger partial charge in [0.2, 0.25) is 5.91 Å². The molecule has 1 atom stereocenters. The van der Waals surface area contributed by atoms with Gasteiger partial charge in [0.1, 0.15) is 0 Å². The minimum atomic E-state index is 0.188. The van der Waals surface area contributed by atoms with E-state index in [9.17, 15) is 4.79 Å². The summed E-state index contributed by atoms with van der Waals surface area (Å²) in [4.78, 5) is 11.8. The molecule has 17 heavy (non-hydrogen) atoms. The number of alkyl halides is 1. The zero-order valence-corrected chi connectivity index (χ0v) is 12.4. The van der Waals surface area contributed by atoms with Crippen molar-refractivity contribution >= 4 is 17.5 Å². The van der Waals surface area contributed by atoms with Crippen LogP contribution in [0.15, 0.2) is 0 Å². The van der Waals surface area contributed by atoms with Crippen molar-refractivity contribution in [3.8, 4) is 0 Å². The largest absolute Gasteiger partial charge is 0.356 e. The number of nitrogens with one attached hydrogen (secondary N) is 1. The van der Waals surface area contributed by atoms with Crippen LogP contribution in [0.2, 0.25) is 0 Å². The van der Waals surface area contributed by atoms with E-state index < -0.39 is 0 Å². The van der Waals surface area contributed by atoms with E-state index in [4.69, 9.17) is 11.6 Å². The van der Waals surface area contributed by atoms with Crippen molar-refractivity contribution in [3.63, 3.8) is 0 Å². The Hall–Kier alpha value is -0.240. The third-order valence-electron chi connectivity index (χ3n) is 4.21. The van der Waals surface area contributed by atoms with Crippen LogP contribution < -0.4 is 5.32 Å². The van der Waals surface area contributed by atoms with Gasteiger partial charge < -0.3 is 5.32 Å². The standard InChI is InChI=1S/C14H26ClNO/c1-11(13(2,3)4)9-12(17)16-10-14(5-6-14)7-8-15/h11H,5-10H2,1-4H3,(H,16,17). The average Bonchev–Trinajstić information content (AvgIpc) is 2.95. The first-order valence-corrected chi connectivity index (χ1v) is 7.15. The fourth-order valence-corrected chi connectivity index (χ4v) is 2.24. The monoisotopic (exact) mass is 259 g/mol. The van der Waals surface area contributed by atoms with Crippen LogP contribution in [0.25, 0.3) is 0 Å². The molecular formula is C14H26ClNO. The van der Waals surface area contributed by atoms with Gasteiger partial charge in [-0.1, -0.05) is 27.7 Å². The van der Waals surface area contributed by atoms with E-state index in [2.05, 4.69) is 33.0 Å². The summed E-state index contributed by atoms with van der Waals surface area (Å²) in [5, 5.41) is 3.08. The first kappa shape index (κ1) is 14.8. The van der Waals surface area contributed by atoms with Gasteiger partial charge in [0.05, 0.1) is 0 Å². The highest BCUT2D eigenvalue weighted by molar-refractivity contribution is 6.17. The molecule has 1 aliphatic carbocycles. The molecule has 0 aliphatic heterocycles. The van der Waals surface area contributed by atoms with Crippen LogP contribution in [0.4, 0.5) is 0 Å². The van der Waals surface area contributed by atoms with Crippen molar-refractivity contribution in [2.45, 2.75) is 53.4 Å². The molecule has 2 nitrogen and oxygen atoms in total. The molecular weight excluding hydrogens is 234 g/mol. The molecule has 3 heteroatoms. The van der Waals surface area contributed by atoms with Gasteiger partial charge in [-0.3, -0.25) is 4.79 Å².